The fourth-order valence-corrected chi connectivity index (χ4v) is 3.15. The van der Waals surface area contributed by atoms with Gasteiger partial charge in [0.25, 0.3) is 0 Å². The maximum Gasteiger partial charge on any atom is 0.232 e. The largest absolute Gasteiger partial charge is 0.354 e. The average Bonchev–Trinajstić information content (AvgIpc) is 2.40. The monoisotopic (exact) mass is 340 g/mol. The Morgan fingerprint density at radius 1 is 1.22 bits per heavy atom. The second-order valence-electron chi connectivity index (χ2n) is 7.05. The molecule has 0 aromatic heterocycles. The summed E-state index contributed by atoms with van der Waals surface area (Å²) < 4.78 is 25.8. The van der Waals surface area contributed by atoms with Gasteiger partial charge in [0.2, 0.25) is 15.9 Å². The SMILES string of the molecule is CC(C)c1ccccc1N(CCNC(=O)C(C)(C)C)S(C)(=O)=O. The van der Waals surface area contributed by atoms with Crippen LogP contribution < -0.4 is 9.62 Å². The number of sulfonamides is 1. The second kappa shape index (κ2) is 7.34. The fraction of sp³-hybridized carbons (Fsp3) is 0.588. The summed E-state index contributed by atoms with van der Waals surface area (Å²) in [5, 5.41) is 2.80. The second-order valence-corrected chi connectivity index (χ2v) is 8.96. The number of hydrogen-bond donors (Lipinski definition) is 1. The number of hydrogen-bond acceptors (Lipinski definition) is 3. The van der Waals surface area contributed by atoms with Crippen molar-refractivity contribution >= 4 is 21.6 Å². The van der Waals surface area contributed by atoms with Gasteiger partial charge in [-0.3, -0.25) is 9.10 Å². The highest BCUT2D eigenvalue weighted by molar-refractivity contribution is 7.92. The van der Waals surface area contributed by atoms with Crippen LogP contribution in [0.1, 0.15) is 46.1 Å². The van der Waals surface area contributed by atoms with Gasteiger partial charge in [0, 0.05) is 12.0 Å². The van der Waals surface area contributed by atoms with Gasteiger partial charge in [-0.2, -0.15) is 0 Å². The van der Waals surface area contributed by atoms with Crippen LogP contribution in [0.3, 0.4) is 0 Å². The Bertz CT molecular complexity index is 646. The zero-order valence-corrected chi connectivity index (χ0v) is 15.7. The van der Waals surface area contributed by atoms with Gasteiger partial charge in [0.15, 0.2) is 0 Å². The molecular formula is C17H28N2O3S. The third-order valence-corrected chi connectivity index (χ3v) is 4.69. The summed E-state index contributed by atoms with van der Waals surface area (Å²) in [6, 6.07) is 7.47. The smallest absolute Gasteiger partial charge is 0.232 e. The summed E-state index contributed by atoms with van der Waals surface area (Å²) in [6.07, 6.45) is 1.19. The highest BCUT2D eigenvalue weighted by Gasteiger charge is 2.23. The Morgan fingerprint density at radius 3 is 2.26 bits per heavy atom. The first-order valence-electron chi connectivity index (χ1n) is 7.79. The molecule has 0 aliphatic rings. The maximum absolute atomic E-state index is 12.2. The van der Waals surface area contributed by atoms with Gasteiger partial charge in [0.05, 0.1) is 18.5 Å². The first-order chi connectivity index (χ1) is 10.4. The molecule has 1 aromatic carbocycles. The number of carbonyl (C=O) groups excluding carboxylic acids is 1. The highest BCUT2D eigenvalue weighted by Crippen LogP contribution is 2.28. The summed E-state index contributed by atoms with van der Waals surface area (Å²) >= 11 is 0. The van der Waals surface area contributed by atoms with Crippen LogP contribution in [0, 0.1) is 5.41 Å². The molecule has 5 nitrogen and oxygen atoms in total. The van der Waals surface area contributed by atoms with Crippen molar-refractivity contribution in [2.75, 3.05) is 23.7 Å². The first kappa shape index (κ1) is 19.5. The number of nitrogens with zero attached hydrogens (tertiary/aromatic N) is 1. The van der Waals surface area contributed by atoms with E-state index in [4.69, 9.17) is 0 Å². The molecule has 23 heavy (non-hydrogen) atoms. The van der Waals surface area contributed by atoms with Crippen molar-refractivity contribution in [2.24, 2.45) is 5.41 Å². The van der Waals surface area contributed by atoms with Crippen LogP contribution in [-0.2, 0) is 14.8 Å². The molecule has 0 heterocycles. The third kappa shape index (κ3) is 5.53. The number of benzene rings is 1. The molecule has 0 spiro atoms. The van der Waals surface area contributed by atoms with Crippen LogP contribution in [-0.4, -0.2) is 33.7 Å². The molecule has 6 heteroatoms. The van der Waals surface area contributed by atoms with E-state index in [2.05, 4.69) is 5.32 Å². The minimum Gasteiger partial charge on any atom is -0.354 e. The van der Waals surface area contributed by atoms with Gasteiger partial charge < -0.3 is 5.32 Å². The lowest BCUT2D eigenvalue weighted by Crippen LogP contribution is -2.42. The molecule has 0 radical (unpaired) electrons. The third-order valence-electron chi connectivity index (χ3n) is 3.51. The maximum atomic E-state index is 12.2. The summed E-state index contributed by atoms with van der Waals surface area (Å²) in [5.74, 6) is 0.114. The number of anilines is 1. The lowest BCUT2D eigenvalue weighted by molar-refractivity contribution is -0.128. The van der Waals surface area contributed by atoms with Crippen LogP contribution in [0.4, 0.5) is 5.69 Å². The standard InChI is InChI=1S/C17H28N2O3S/c1-13(2)14-9-7-8-10-15(14)19(23(6,21)22)12-11-18-16(20)17(3,4)5/h7-10,13H,11-12H2,1-6H3,(H,18,20). The van der Waals surface area contributed by atoms with Crippen LogP contribution in [0.2, 0.25) is 0 Å². The Hall–Kier alpha value is -1.56. The number of carbonyl (C=O) groups is 1. The van der Waals surface area contributed by atoms with Crippen LogP contribution in [0.5, 0.6) is 0 Å². The summed E-state index contributed by atoms with van der Waals surface area (Å²) in [7, 11) is -3.43. The molecule has 1 amide bonds. The zero-order chi connectivity index (χ0) is 17.8. The number of para-hydroxylation sites is 1. The van der Waals surface area contributed by atoms with E-state index in [9.17, 15) is 13.2 Å². The van der Waals surface area contributed by atoms with E-state index in [1.807, 2.05) is 58.9 Å². The minimum atomic E-state index is -3.43. The summed E-state index contributed by atoms with van der Waals surface area (Å²) in [6.45, 7) is 10.0. The van der Waals surface area contributed by atoms with Crippen molar-refractivity contribution in [3.63, 3.8) is 0 Å². The van der Waals surface area contributed by atoms with E-state index < -0.39 is 15.4 Å². The van der Waals surface area contributed by atoms with Crippen LogP contribution in [0.15, 0.2) is 24.3 Å². The number of rotatable bonds is 6. The Kier molecular flexibility index (Phi) is 6.22. The van der Waals surface area contributed by atoms with E-state index >= 15 is 0 Å². The van der Waals surface area contributed by atoms with Crippen molar-refractivity contribution in [3.8, 4) is 0 Å². The molecular weight excluding hydrogens is 312 g/mol. The van der Waals surface area contributed by atoms with Gasteiger partial charge >= 0.3 is 0 Å². The molecule has 1 N–H and O–H groups in total. The normalized spacial score (nSPS) is 12.3. The quantitative estimate of drug-likeness (QED) is 0.866. The zero-order valence-electron chi connectivity index (χ0n) is 14.9. The Labute approximate surface area is 140 Å². The van der Waals surface area contributed by atoms with E-state index in [0.29, 0.717) is 5.69 Å². The molecule has 0 saturated heterocycles. The Balaban J connectivity index is 2.99. The minimum absolute atomic E-state index is 0.0944. The molecule has 0 atom stereocenters. The molecule has 0 aliphatic carbocycles. The molecule has 1 aromatic rings. The van der Waals surface area contributed by atoms with E-state index in [0.717, 1.165) is 5.56 Å². The molecule has 0 fully saturated rings. The lowest BCUT2D eigenvalue weighted by atomic mass is 9.96. The van der Waals surface area contributed by atoms with E-state index in [1.165, 1.54) is 10.6 Å². The van der Waals surface area contributed by atoms with Crippen molar-refractivity contribution in [3.05, 3.63) is 29.8 Å². The molecule has 0 saturated carbocycles. The molecule has 130 valence electrons. The highest BCUT2D eigenvalue weighted by atomic mass is 32.2. The Morgan fingerprint density at radius 2 is 1.78 bits per heavy atom. The summed E-state index contributed by atoms with van der Waals surface area (Å²) in [5.41, 5.74) is 1.15. The predicted octanol–water partition coefficient (Wildman–Crippen LogP) is 2.74. The fourth-order valence-electron chi connectivity index (χ4n) is 2.20. The van der Waals surface area contributed by atoms with Gasteiger partial charge in [0.1, 0.15) is 0 Å². The molecule has 0 unspecified atom stereocenters. The first-order valence-corrected chi connectivity index (χ1v) is 9.64. The number of nitrogens with one attached hydrogen (secondary N) is 1. The van der Waals surface area contributed by atoms with Crippen molar-refractivity contribution < 1.29 is 13.2 Å². The van der Waals surface area contributed by atoms with Crippen LogP contribution in [0.25, 0.3) is 0 Å². The number of amides is 1. The van der Waals surface area contributed by atoms with E-state index in [-0.39, 0.29) is 24.9 Å². The van der Waals surface area contributed by atoms with Gasteiger partial charge in [-0.15, -0.1) is 0 Å². The topological polar surface area (TPSA) is 66.5 Å². The predicted molar refractivity (Wildman–Crippen MR) is 95.2 cm³/mol. The van der Waals surface area contributed by atoms with Gasteiger partial charge in [-0.1, -0.05) is 52.8 Å². The van der Waals surface area contributed by atoms with E-state index in [1.54, 1.807) is 0 Å². The molecule has 0 bridgehead atoms. The molecule has 0 aliphatic heterocycles. The van der Waals surface area contributed by atoms with Crippen molar-refractivity contribution in [2.45, 2.75) is 40.5 Å². The average molecular weight is 340 g/mol. The van der Waals surface area contributed by atoms with Crippen molar-refractivity contribution in [1.29, 1.82) is 0 Å². The van der Waals surface area contributed by atoms with Gasteiger partial charge in [-0.05, 0) is 17.5 Å². The lowest BCUT2D eigenvalue weighted by Gasteiger charge is -2.27. The van der Waals surface area contributed by atoms with Crippen LogP contribution >= 0.6 is 0 Å². The molecule has 1 rings (SSSR count). The van der Waals surface area contributed by atoms with Gasteiger partial charge in [-0.25, -0.2) is 8.42 Å². The van der Waals surface area contributed by atoms with Crippen molar-refractivity contribution in [1.82, 2.24) is 5.32 Å². The summed E-state index contributed by atoms with van der Waals surface area (Å²) in [4.78, 5) is 11.9.